The summed E-state index contributed by atoms with van der Waals surface area (Å²) in [6.07, 6.45) is 1.41. The van der Waals surface area contributed by atoms with Crippen molar-refractivity contribution in [3.05, 3.63) is 29.3 Å². The van der Waals surface area contributed by atoms with E-state index in [0.717, 1.165) is 5.69 Å². The summed E-state index contributed by atoms with van der Waals surface area (Å²) in [5, 5.41) is 12.3. The van der Waals surface area contributed by atoms with Crippen molar-refractivity contribution in [2.75, 3.05) is 24.5 Å². The number of carboxylic acids is 1. The second-order valence-electron chi connectivity index (χ2n) is 6.36. The Morgan fingerprint density at radius 3 is 2.52 bits per heavy atom. The fourth-order valence-corrected chi connectivity index (χ4v) is 3.47. The number of aliphatic carboxylic acids is 1. The smallest absolute Gasteiger partial charge is 0.318 e. The van der Waals surface area contributed by atoms with E-state index in [1.807, 2.05) is 6.07 Å². The summed E-state index contributed by atoms with van der Waals surface area (Å²) in [4.78, 5) is 39.1. The number of carboxylic acid groups (broad SMARTS) is 1. The van der Waals surface area contributed by atoms with Crippen molar-refractivity contribution < 1.29 is 19.5 Å². The quantitative estimate of drug-likeness (QED) is 0.856. The Kier molecular flexibility index (Phi) is 5.13. The van der Waals surface area contributed by atoms with Gasteiger partial charge in [0.2, 0.25) is 5.91 Å². The average molecular weight is 366 g/mol. The zero-order valence-electron chi connectivity index (χ0n) is 13.7. The van der Waals surface area contributed by atoms with Crippen LogP contribution in [0.1, 0.15) is 19.3 Å². The zero-order valence-corrected chi connectivity index (χ0v) is 14.4. The second kappa shape index (κ2) is 7.31. The van der Waals surface area contributed by atoms with Crippen LogP contribution in [0.15, 0.2) is 24.3 Å². The van der Waals surface area contributed by atoms with Crippen LogP contribution in [0.25, 0.3) is 0 Å². The molecule has 8 heteroatoms. The summed E-state index contributed by atoms with van der Waals surface area (Å²) in [7, 11) is 0. The maximum Gasteiger partial charge on any atom is 0.318 e. The first-order valence-electron chi connectivity index (χ1n) is 8.31. The van der Waals surface area contributed by atoms with Gasteiger partial charge in [-0.25, -0.2) is 4.79 Å². The Bertz CT molecular complexity index is 688. The minimum Gasteiger partial charge on any atom is -0.481 e. The molecule has 2 saturated heterocycles. The highest BCUT2D eigenvalue weighted by molar-refractivity contribution is 6.31. The molecule has 1 atom stereocenters. The number of nitrogens with one attached hydrogen (secondary N) is 1. The molecule has 3 amide bonds. The number of hydrogen-bond acceptors (Lipinski definition) is 3. The number of piperidine rings is 1. The van der Waals surface area contributed by atoms with E-state index in [0.29, 0.717) is 43.9 Å². The van der Waals surface area contributed by atoms with Gasteiger partial charge in [0.15, 0.2) is 0 Å². The summed E-state index contributed by atoms with van der Waals surface area (Å²) in [5.41, 5.74) is 0.719. The van der Waals surface area contributed by atoms with Crippen molar-refractivity contribution in [3.8, 4) is 0 Å². The summed E-state index contributed by atoms with van der Waals surface area (Å²) in [6, 6.07) is 6.18. The molecule has 1 aromatic rings. The molecule has 7 nitrogen and oxygen atoms in total. The SMILES string of the molecule is O=C(O)C1CCN(C(=O)NC2CCN(c3cccc(Cl)c3)C2=O)CC1. The summed E-state index contributed by atoms with van der Waals surface area (Å²) < 4.78 is 0. The number of benzene rings is 1. The number of halogens is 1. The summed E-state index contributed by atoms with van der Waals surface area (Å²) >= 11 is 5.97. The number of nitrogens with zero attached hydrogens (tertiary/aromatic N) is 2. The molecular formula is C17H20ClN3O4. The van der Waals surface area contributed by atoms with Crippen molar-refractivity contribution in [2.24, 2.45) is 5.92 Å². The Balaban J connectivity index is 1.56. The molecule has 2 aliphatic rings. The van der Waals surface area contributed by atoms with E-state index in [9.17, 15) is 14.4 Å². The Hall–Kier alpha value is -2.28. The first-order chi connectivity index (χ1) is 12.0. The second-order valence-corrected chi connectivity index (χ2v) is 6.80. The third-order valence-corrected chi connectivity index (χ3v) is 4.99. The topological polar surface area (TPSA) is 89.9 Å². The fraction of sp³-hybridized carbons (Fsp3) is 0.471. The lowest BCUT2D eigenvalue weighted by Gasteiger charge is -2.31. The molecule has 0 aromatic heterocycles. The lowest BCUT2D eigenvalue weighted by atomic mass is 9.97. The van der Waals surface area contributed by atoms with Gasteiger partial charge in [-0.05, 0) is 37.5 Å². The van der Waals surface area contributed by atoms with Gasteiger partial charge >= 0.3 is 12.0 Å². The minimum atomic E-state index is -0.816. The molecule has 0 bridgehead atoms. The molecule has 1 aromatic carbocycles. The van der Waals surface area contributed by atoms with Gasteiger partial charge in [-0.3, -0.25) is 9.59 Å². The van der Waals surface area contributed by atoms with Gasteiger partial charge in [0.25, 0.3) is 0 Å². The van der Waals surface area contributed by atoms with Gasteiger partial charge in [-0.2, -0.15) is 0 Å². The normalized spacial score (nSPS) is 21.5. The monoisotopic (exact) mass is 365 g/mol. The molecule has 25 heavy (non-hydrogen) atoms. The molecular weight excluding hydrogens is 346 g/mol. The van der Waals surface area contributed by atoms with Crippen LogP contribution in [0.3, 0.4) is 0 Å². The van der Waals surface area contributed by atoms with Crippen molar-refractivity contribution in [3.63, 3.8) is 0 Å². The number of likely N-dealkylation sites (tertiary alicyclic amines) is 1. The zero-order chi connectivity index (χ0) is 18.0. The molecule has 0 radical (unpaired) electrons. The number of carbonyl (C=O) groups excluding carboxylic acids is 2. The van der Waals surface area contributed by atoms with E-state index in [1.165, 1.54) is 0 Å². The minimum absolute atomic E-state index is 0.156. The summed E-state index contributed by atoms with van der Waals surface area (Å²) in [5.74, 6) is -1.37. The standard InChI is InChI=1S/C17H20ClN3O4/c18-12-2-1-3-13(10-12)21-9-6-14(15(21)22)19-17(25)20-7-4-11(5-8-20)16(23)24/h1-3,10-11,14H,4-9H2,(H,19,25)(H,23,24). The number of urea groups is 1. The van der Waals surface area contributed by atoms with Gasteiger partial charge in [-0.1, -0.05) is 17.7 Å². The molecule has 0 saturated carbocycles. The molecule has 2 heterocycles. The van der Waals surface area contributed by atoms with E-state index in [-0.39, 0.29) is 11.9 Å². The first-order valence-corrected chi connectivity index (χ1v) is 8.68. The van der Waals surface area contributed by atoms with Crippen LogP contribution >= 0.6 is 11.6 Å². The van der Waals surface area contributed by atoms with Crippen molar-refractivity contribution >= 4 is 35.2 Å². The third-order valence-electron chi connectivity index (χ3n) is 4.75. The largest absolute Gasteiger partial charge is 0.481 e. The number of rotatable bonds is 3. The lowest BCUT2D eigenvalue weighted by Crippen LogP contribution is -2.50. The fourth-order valence-electron chi connectivity index (χ4n) is 3.28. The van der Waals surface area contributed by atoms with Crippen molar-refractivity contribution in [2.45, 2.75) is 25.3 Å². The number of anilines is 1. The molecule has 2 fully saturated rings. The predicted molar refractivity (Wildman–Crippen MR) is 92.7 cm³/mol. The van der Waals surface area contributed by atoms with Crippen LogP contribution in [-0.4, -0.2) is 53.6 Å². The van der Waals surface area contributed by atoms with Gasteiger partial charge in [0.05, 0.1) is 5.92 Å². The lowest BCUT2D eigenvalue weighted by molar-refractivity contribution is -0.143. The van der Waals surface area contributed by atoms with Gasteiger partial charge < -0.3 is 20.2 Å². The number of carbonyl (C=O) groups is 3. The molecule has 134 valence electrons. The molecule has 0 spiro atoms. The Morgan fingerprint density at radius 1 is 1.16 bits per heavy atom. The first kappa shape index (κ1) is 17.5. The van der Waals surface area contributed by atoms with E-state index in [2.05, 4.69) is 5.32 Å². The molecule has 2 N–H and O–H groups in total. The predicted octanol–water partition coefficient (Wildman–Crippen LogP) is 1.95. The van der Waals surface area contributed by atoms with Gasteiger partial charge in [0.1, 0.15) is 6.04 Å². The van der Waals surface area contributed by atoms with Crippen molar-refractivity contribution in [1.82, 2.24) is 10.2 Å². The van der Waals surface area contributed by atoms with Crippen LogP contribution in [0.2, 0.25) is 5.02 Å². The van der Waals surface area contributed by atoms with Crippen LogP contribution in [-0.2, 0) is 9.59 Å². The van der Waals surface area contributed by atoms with Crippen LogP contribution < -0.4 is 10.2 Å². The van der Waals surface area contributed by atoms with Gasteiger partial charge in [-0.15, -0.1) is 0 Å². The van der Waals surface area contributed by atoms with Crippen LogP contribution in [0.4, 0.5) is 10.5 Å². The molecule has 3 rings (SSSR count). The van der Waals surface area contributed by atoms with Crippen LogP contribution in [0, 0.1) is 5.92 Å². The van der Waals surface area contributed by atoms with Crippen molar-refractivity contribution in [1.29, 1.82) is 0 Å². The Morgan fingerprint density at radius 2 is 1.88 bits per heavy atom. The van der Waals surface area contributed by atoms with E-state index < -0.39 is 17.9 Å². The van der Waals surface area contributed by atoms with Gasteiger partial charge in [0, 0.05) is 30.3 Å². The molecule has 2 aliphatic heterocycles. The third kappa shape index (κ3) is 3.87. The van der Waals surface area contributed by atoms with E-state index in [4.69, 9.17) is 16.7 Å². The van der Waals surface area contributed by atoms with E-state index >= 15 is 0 Å². The molecule has 0 aliphatic carbocycles. The number of amides is 3. The molecule has 1 unspecified atom stereocenters. The highest BCUT2D eigenvalue weighted by Crippen LogP contribution is 2.25. The highest BCUT2D eigenvalue weighted by atomic mass is 35.5. The average Bonchev–Trinajstić information content (AvgIpc) is 2.95. The number of hydrogen-bond donors (Lipinski definition) is 2. The highest BCUT2D eigenvalue weighted by Gasteiger charge is 2.35. The maximum absolute atomic E-state index is 12.5. The van der Waals surface area contributed by atoms with E-state index in [1.54, 1.807) is 28.0 Å². The summed E-state index contributed by atoms with van der Waals surface area (Å²) in [6.45, 7) is 1.30. The maximum atomic E-state index is 12.5. The van der Waals surface area contributed by atoms with Crippen LogP contribution in [0.5, 0.6) is 0 Å². The Labute approximate surface area is 150 Å².